The van der Waals surface area contributed by atoms with Crippen molar-refractivity contribution in [3.63, 3.8) is 0 Å². The largest absolute Gasteiger partial charge is 0.456 e. The van der Waals surface area contributed by atoms with Crippen molar-refractivity contribution in [3.8, 4) is 22.3 Å². The van der Waals surface area contributed by atoms with Crippen LogP contribution in [0.4, 0.5) is 0 Å². The van der Waals surface area contributed by atoms with Crippen molar-refractivity contribution in [1.82, 2.24) is 0 Å². The van der Waals surface area contributed by atoms with Gasteiger partial charge in [-0.1, -0.05) is 109 Å². The maximum Gasteiger partial charge on any atom is 0.136 e. The van der Waals surface area contributed by atoms with E-state index in [1.807, 2.05) is 66.7 Å². The SMILES string of the molecule is [2H]c1c([2H])c(-c2cccc3ccc4cc5ccccc5cc4c23)c([2H])c([2H])c1-c1ccc2oc3cc4ccccc4cc3c2c1. The van der Waals surface area contributed by atoms with Crippen molar-refractivity contribution in [2.75, 3.05) is 0 Å². The molecule has 0 bridgehead atoms. The van der Waals surface area contributed by atoms with E-state index in [2.05, 4.69) is 54.6 Å². The van der Waals surface area contributed by atoms with Gasteiger partial charge in [-0.05, 0) is 102 Å². The molecule has 41 heavy (non-hydrogen) atoms. The first kappa shape index (κ1) is 18.8. The Bertz CT molecular complexity index is 2680. The molecular formula is C40H24O. The van der Waals surface area contributed by atoms with Crippen LogP contribution in [0.25, 0.3) is 87.3 Å². The molecule has 190 valence electrons. The smallest absolute Gasteiger partial charge is 0.136 e. The summed E-state index contributed by atoms with van der Waals surface area (Å²) in [7, 11) is 0. The predicted octanol–water partition coefficient (Wildman–Crippen LogP) is 11.5. The van der Waals surface area contributed by atoms with E-state index in [9.17, 15) is 2.74 Å². The van der Waals surface area contributed by atoms with Crippen LogP contribution in [0.2, 0.25) is 0 Å². The lowest BCUT2D eigenvalue weighted by molar-refractivity contribution is 0.669. The van der Waals surface area contributed by atoms with Crippen molar-refractivity contribution in [3.05, 3.63) is 145 Å². The van der Waals surface area contributed by atoms with Gasteiger partial charge in [0.2, 0.25) is 0 Å². The topological polar surface area (TPSA) is 13.1 Å². The van der Waals surface area contributed by atoms with Crippen molar-refractivity contribution < 1.29 is 9.90 Å². The summed E-state index contributed by atoms with van der Waals surface area (Å²) < 4.78 is 42.9. The minimum Gasteiger partial charge on any atom is -0.456 e. The zero-order valence-corrected chi connectivity index (χ0v) is 22.0. The second-order valence-electron chi connectivity index (χ2n) is 10.6. The van der Waals surface area contributed by atoms with Crippen LogP contribution in [0.15, 0.2) is 150 Å². The Balaban J connectivity index is 1.28. The van der Waals surface area contributed by atoms with E-state index >= 15 is 0 Å². The fraction of sp³-hybridized carbons (Fsp3) is 0. The third-order valence-corrected chi connectivity index (χ3v) is 8.25. The number of rotatable bonds is 2. The van der Waals surface area contributed by atoms with Crippen molar-refractivity contribution in [2.45, 2.75) is 0 Å². The normalized spacial score (nSPS) is 13.3. The van der Waals surface area contributed by atoms with E-state index < -0.39 is 0 Å². The molecule has 1 heteroatoms. The maximum atomic E-state index is 9.22. The first-order valence-electron chi connectivity index (χ1n) is 15.8. The highest BCUT2D eigenvalue weighted by Crippen LogP contribution is 2.38. The Kier molecular flexibility index (Phi) is 3.92. The maximum absolute atomic E-state index is 9.22. The van der Waals surface area contributed by atoms with E-state index in [0.29, 0.717) is 22.3 Å². The van der Waals surface area contributed by atoms with Gasteiger partial charge in [0.15, 0.2) is 0 Å². The Morgan fingerprint density at radius 1 is 0.390 bits per heavy atom. The summed E-state index contributed by atoms with van der Waals surface area (Å²) in [6, 6.07) is 40.2. The second-order valence-corrected chi connectivity index (χ2v) is 10.6. The molecule has 0 N–H and O–H groups in total. The lowest BCUT2D eigenvalue weighted by Crippen LogP contribution is -1.86. The van der Waals surface area contributed by atoms with Crippen LogP contribution in [0.1, 0.15) is 5.48 Å². The van der Waals surface area contributed by atoms with E-state index in [-0.39, 0.29) is 29.7 Å². The Hall–Kier alpha value is -5.40. The van der Waals surface area contributed by atoms with Gasteiger partial charge in [-0.15, -0.1) is 0 Å². The van der Waals surface area contributed by atoms with Crippen LogP contribution in [-0.2, 0) is 0 Å². The molecule has 9 rings (SSSR count). The molecule has 0 radical (unpaired) electrons. The Morgan fingerprint density at radius 2 is 1.00 bits per heavy atom. The quantitative estimate of drug-likeness (QED) is 0.162. The van der Waals surface area contributed by atoms with Gasteiger partial charge in [0.25, 0.3) is 0 Å². The summed E-state index contributed by atoms with van der Waals surface area (Å²) in [6.07, 6.45) is 0. The molecule has 1 nitrogen and oxygen atoms in total. The molecule has 0 aliphatic rings. The van der Waals surface area contributed by atoms with E-state index in [0.717, 1.165) is 59.4 Å². The van der Waals surface area contributed by atoms with Crippen LogP contribution in [-0.4, -0.2) is 0 Å². The zero-order valence-electron chi connectivity index (χ0n) is 26.0. The number of hydrogen-bond acceptors (Lipinski definition) is 1. The minimum atomic E-state index is -0.0636. The van der Waals surface area contributed by atoms with Crippen LogP contribution in [0, 0.1) is 0 Å². The molecule has 0 atom stereocenters. The molecule has 9 aromatic rings. The van der Waals surface area contributed by atoms with Gasteiger partial charge < -0.3 is 4.42 Å². The average molecular weight is 525 g/mol. The van der Waals surface area contributed by atoms with Gasteiger partial charge in [-0.2, -0.15) is 0 Å². The van der Waals surface area contributed by atoms with Crippen molar-refractivity contribution in [1.29, 1.82) is 0 Å². The molecule has 0 saturated heterocycles. The summed E-state index contributed by atoms with van der Waals surface area (Å²) in [5.41, 5.74) is 3.39. The standard InChI is InChI=1S/C40H24O/c1-2-7-29-21-35-33(20-28(29)6-1)17-16-27-10-5-11-34(40(27)35)26-14-12-25(13-15-26)32-18-19-38-36(23-32)37-22-30-8-3-4-9-31(30)24-39(37)41-38/h1-24H/i12D,13D,14D,15D. The molecule has 0 aliphatic heterocycles. The Morgan fingerprint density at radius 3 is 1.78 bits per heavy atom. The van der Waals surface area contributed by atoms with Crippen LogP contribution >= 0.6 is 0 Å². The van der Waals surface area contributed by atoms with Crippen molar-refractivity contribution >= 4 is 65.0 Å². The van der Waals surface area contributed by atoms with Gasteiger partial charge in [0, 0.05) is 10.8 Å². The number of hydrogen-bond donors (Lipinski definition) is 0. The summed E-state index contributed by atoms with van der Waals surface area (Å²) in [5, 5.41) is 10.3. The van der Waals surface area contributed by atoms with Crippen LogP contribution < -0.4 is 0 Å². The zero-order chi connectivity index (χ0) is 30.4. The molecule has 1 aromatic heterocycles. The van der Waals surface area contributed by atoms with Gasteiger partial charge in [-0.25, -0.2) is 0 Å². The molecule has 0 saturated carbocycles. The lowest BCUT2D eigenvalue weighted by Gasteiger charge is -2.12. The van der Waals surface area contributed by atoms with Crippen LogP contribution in [0.3, 0.4) is 0 Å². The molecule has 0 unspecified atom stereocenters. The summed E-state index contributed by atoms with van der Waals surface area (Å²) >= 11 is 0. The fourth-order valence-electron chi connectivity index (χ4n) is 6.22. The minimum absolute atomic E-state index is 0.0561. The molecule has 0 amide bonds. The Labute approximate surface area is 242 Å². The summed E-state index contributed by atoms with van der Waals surface area (Å²) in [6.45, 7) is 0. The number of fused-ring (bicyclic) bond motifs is 8. The molecule has 0 spiro atoms. The highest BCUT2D eigenvalue weighted by molar-refractivity contribution is 6.17. The van der Waals surface area contributed by atoms with Crippen LogP contribution in [0.5, 0.6) is 0 Å². The average Bonchev–Trinajstić information content (AvgIpc) is 3.42. The van der Waals surface area contributed by atoms with Gasteiger partial charge in [0.05, 0.1) is 5.48 Å². The van der Waals surface area contributed by atoms with E-state index in [1.165, 1.54) is 0 Å². The first-order valence-corrected chi connectivity index (χ1v) is 13.8. The highest BCUT2D eigenvalue weighted by Gasteiger charge is 2.12. The van der Waals surface area contributed by atoms with Gasteiger partial charge in [-0.3, -0.25) is 0 Å². The molecule has 0 fully saturated rings. The number of furan rings is 1. The van der Waals surface area contributed by atoms with E-state index in [4.69, 9.17) is 7.16 Å². The molecular weight excluding hydrogens is 496 g/mol. The molecule has 8 aromatic carbocycles. The highest BCUT2D eigenvalue weighted by atomic mass is 16.3. The molecule has 0 aliphatic carbocycles. The van der Waals surface area contributed by atoms with E-state index in [1.54, 1.807) is 0 Å². The third-order valence-electron chi connectivity index (χ3n) is 8.25. The van der Waals surface area contributed by atoms with Crippen molar-refractivity contribution in [2.24, 2.45) is 0 Å². The van der Waals surface area contributed by atoms with Gasteiger partial charge >= 0.3 is 0 Å². The summed E-state index contributed by atoms with van der Waals surface area (Å²) in [5.74, 6) is 0. The second kappa shape index (κ2) is 8.55. The predicted molar refractivity (Wildman–Crippen MR) is 175 cm³/mol. The molecule has 1 heterocycles. The first-order chi connectivity index (χ1) is 22.0. The van der Waals surface area contributed by atoms with Gasteiger partial charge in [0.1, 0.15) is 11.2 Å². The third kappa shape index (κ3) is 3.49. The summed E-state index contributed by atoms with van der Waals surface area (Å²) in [4.78, 5) is 0. The number of benzene rings is 8. The fourth-order valence-corrected chi connectivity index (χ4v) is 6.22. The monoisotopic (exact) mass is 524 g/mol. The lowest BCUT2D eigenvalue weighted by atomic mass is 9.91.